The SMILES string of the molecule is CCNCc1cnnn1-c1ccc(C#N)c(Br)c1. The Bertz CT molecular complexity index is 584. The predicted molar refractivity (Wildman–Crippen MR) is 71.2 cm³/mol. The lowest BCUT2D eigenvalue weighted by atomic mass is 10.2. The monoisotopic (exact) mass is 305 g/mol. The zero-order chi connectivity index (χ0) is 13.0. The fraction of sp³-hybridized carbons (Fsp3) is 0.250. The van der Waals surface area contributed by atoms with E-state index in [1.165, 1.54) is 0 Å². The van der Waals surface area contributed by atoms with Crippen LogP contribution in [0.4, 0.5) is 0 Å². The molecule has 0 radical (unpaired) electrons. The van der Waals surface area contributed by atoms with Crippen LogP contribution >= 0.6 is 15.9 Å². The van der Waals surface area contributed by atoms with Gasteiger partial charge in [-0.15, -0.1) is 5.10 Å². The van der Waals surface area contributed by atoms with Gasteiger partial charge in [0.25, 0.3) is 0 Å². The van der Waals surface area contributed by atoms with E-state index >= 15 is 0 Å². The van der Waals surface area contributed by atoms with Crippen molar-refractivity contribution in [3.8, 4) is 11.8 Å². The molecule has 92 valence electrons. The Morgan fingerprint density at radius 3 is 3.00 bits per heavy atom. The molecule has 2 aromatic rings. The van der Waals surface area contributed by atoms with Gasteiger partial charge in [-0.1, -0.05) is 12.1 Å². The minimum Gasteiger partial charge on any atom is -0.311 e. The highest BCUT2D eigenvalue weighted by Crippen LogP contribution is 2.20. The first kappa shape index (κ1) is 12.7. The molecule has 0 bridgehead atoms. The van der Waals surface area contributed by atoms with E-state index in [0.717, 1.165) is 22.4 Å². The van der Waals surface area contributed by atoms with Gasteiger partial charge >= 0.3 is 0 Å². The number of nitrogens with one attached hydrogen (secondary N) is 1. The zero-order valence-electron chi connectivity index (χ0n) is 9.89. The van der Waals surface area contributed by atoms with Crippen molar-refractivity contribution in [2.24, 2.45) is 0 Å². The van der Waals surface area contributed by atoms with Gasteiger partial charge in [-0.2, -0.15) is 5.26 Å². The van der Waals surface area contributed by atoms with Crippen LogP contribution in [0.2, 0.25) is 0 Å². The second-order valence-electron chi connectivity index (χ2n) is 3.69. The van der Waals surface area contributed by atoms with E-state index < -0.39 is 0 Å². The lowest BCUT2D eigenvalue weighted by Gasteiger charge is -2.07. The molecule has 0 aliphatic rings. The van der Waals surface area contributed by atoms with Crippen LogP contribution in [-0.4, -0.2) is 21.5 Å². The first-order chi connectivity index (χ1) is 8.76. The van der Waals surface area contributed by atoms with Gasteiger partial charge in [-0.3, -0.25) is 0 Å². The van der Waals surface area contributed by atoms with Gasteiger partial charge in [0.05, 0.1) is 23.1 Å². The molecule has 0 amide bonds. The maximum absolute atomic E-state index is 8.89. The summed E-state index contributed by atoms with van der Waals surface area (Å²) in [5.41, 5.74) is 2.46. The van der Waals surface area contributed by atoms with Crippen molar-refractivity contribution in [3.63, 3.8) is 0 Å². The van der Waals surface area contributed by atoms with E-state index in [2.05, 4.69) is 37.6 Å². The van der Waals surface area contributed by atoms with Gasteiger partial charge in [-0.05, 0) is 40.7 Å². The van der Waals surface area contributed by atoms with Crippen molar-refractivity contribution in [1.82, 2.24) is 20.3 Å². The molecule has 5 nitrogen and oxygen atoms in total. The highest BCUT2D eigenvalue weighted by Gasteiger charge is 2.07. The molecule has 18 heavy (non-hydrogen) atoms. The van der Waals surface area contributed by atoms with Crippen molar-refractivity contribution in [3.05, 3.63) is 40.1 Å². The standard InChI is InChI=1S/C12H12BrN5/c1-2-15-7-11-8-16-17-18(11)10-4-3-9(6-14)12(13)5-10/h3-5,8,15H,2,7H2,1H3. The molecule has 1 aromatic heterocycles. The van der Waals surface area contributed by atoms with E-state index in [1.54, 1.807) is 16.9 Å². The van der Waals surface area contributed by atoms with Crippen LogP contribution in [0.3, 0.4) is 0 Å². The van der Waals surface area contributed by atoms with Crippen molar-refractivity contribution in [1.29, 1.82) is 5.26 Å². The van der Waals surface area contributed by atoms with Crippen molar-refractivity contribution in [2.75, 3.05) is 6.54 Å². The molecule has 0 spiro atoms. The van der Waals surface area contributed by atoms with E-state index in [9.17, 15) is 0 Å². The Hall–Kier alpha value is -1.71. The summed E-state index contributed by atoms with van der Waals surface area (Å²) in [7, 11) is 0. The summed E-state index contributed by atoms with van der Waals surface area (Å²) in [5.74, 6) is 0. The van der Waals surface area contributed by atoms with Gasteiger partial charge in [0.1, 0.15) is 6.07 Å². The molecular formula is C12H12BrN5. The van der Waals surface area contributed by atoms with Gasteiger partial charge in [0, 0.05) is 11.0 Å². The Morgan fingerprint density at radius 1 is 1.50 bits per heavy atom. The molecule has 0 aliphatic heterocycles. The third-order valence-electron chi connectivity index (χ3n) is 2.49. The number of benzene rings is 1. The lowest BCUT2D eigenvalue weighted by molar-refractivity contribution is 0.672. The van der Waals surface area contributed by atoms with Crippen LogP contribution in [0.15, 0.2) is 28.9 Å². The summed E-state index contributed by atoms with van der Waals surface area (Å²) in [4.78, 5) is 0. The topological polar surface area (TPSA) is 66.5 Å². The third kappa shape index (κ3) is 2.58. The maximum atomic E-state index is 8.89. The number of nitrogens with zero attached hydrogens (tertiary/aromatic N) is 4. The van der Waals surface area contributed by atoms with Crippen molar-refractivity contribution >= 4 is 15.9 Å². The molecule has 0 saturated heterocycles. The maximum Gasteiger partial charge on any atom is 0.100 e. The van der Waals surface area contributed by atoms with Crippen molar-refractivity contribution < 1.29 is 0 Å². The zero-order valence-corrected chi connectivity index (χ0v) is 11.5. The summed E-state index contributed by atoms with van der Waals surface area (Å²) in [5, 5.41) is 20.1. The summed E-state index contributed by atoms with van der Waals surface area (Å²) in [6, 6.07) is 7.59. The first-order valence-corrected chi connectivity index (χ1v) is 6.36. The molecule has 0 atom stereocenters. The highest BCUT2D eigenvalue weighted by molar-refractivity contribution is 9.10. The van der Waals surface area contributed by atoms with Crippen molar-refractivity contribution in [2.45, 2.75) is 13.5 Å². The summed E-state index contributed by atoms with van der Waals surface area (Å²) >= 11 is 3.37. The predicted octanol–water partition coefficient (Wildman–Crippen LogP) is 2.01. The average Bonchev–Trinajstić information content (AvgIpc) is 2.84. The quantitative estimate of drug-likeness (QED) is 0.938. The van der Waals surface area contributed by atoms with Crippen LogP contribution in [0.5, 0.6) is 0 Å². The third-order valence-corrected chi connectivity index (χ3v) is 3.15. The Labute approximate surface area is 114 Å². The van der Waals surface area contributed by atoms with Crippen LogP contribution in [0, 0.1) is 11.3 Å². The molecule has 0 unspecified atom stereocenters. The first-order valence-electron chi connectivity index (χ1n) is 5.56. The lowest BCUT2D eigenvalue weighted by Crippen LogP contribution is -2.15. The van der Waals surface area contributed by atoms with Gasteiger partial charge in [0.2, 0.25) is 0 Å². The number of nitriles is 1. The Kier molecular flexibility index (Phi) is 4.07. The molecule has 1 heterocycles. The van der Waals surface area contributed by atoms with Crippen LogP contribution in [-0.2, 0) is 6.54 Å². The van der Waals surface area contributed by atoms with E-state index in [1.807, 2.05) is 19.1 Å². The number of hydrogen-bond donors (Lipinski definition) is 1. The Balaban J connectivity index is 2.34. The molecule has 1 aromatic carbocycles. The second-order valence-corrected chi connectivity index (χ2v) is 4.55. The molecule has 1 N–H and O–H groups in total. The van der Waals surface area contributed by atoms with Crippen LogP contribution in [0.1, 0.15) is 18.2 Å². The minimum absolute atomic E-state index is 0.604. The number of aromatic nitrogens is 3. The fourth-order valence-corrected chi connectivity index (χ4v) is 2.03. The molecule has 6 heteroatoms. The molecule has 0 aliphatic carbocycles. The molecule has 2 rings (SSSR count). The largest absolute Gasteiger partial charge is 0.311 e. The molecule has 0 saturated carbocycles. The Morgan fingerprint density at radius 2 is 2.33 bits per heavy atom. The van der Waals surface area contributed by atoms with Gasteiger partial charge in [0.15, 0.2) is 0 Å². The average molecular weight is 306 g/mol. The number of rotatable bonds is 4. The van der Waals surface area contributed by atoms with E-state index in [0.29, 0.717) is 12.1 Å². The van der Waals surface area contributed by atoms with Crippen LogP contribution in [0.25, 0.3) is 5.69 Å². The smallest absolute Gasteiger partial charge is 0.100 e. The summed E-state index contributed by atoms with van der Waals surface area (Å²) < 4.78 is 2.52. The summed E-state index contributed by atoms with van der Waals surface area (Å²) in [6.45, 7) is 3.65. The fourth-order valence-electron chi connectivity index (χ4n) is 1.57. The second kappa shape index (κ2) is 5.76. The molecular weight excluding hydrogens is 294 g/mol. The van der Waals surface area contributed by atoms with Crippen LogP contribution < -0.4 is 5.32 Å². The number of halogens is 1. The molecule has 0 fully saturated rings. The summed E-state index contributed by atoms with van der Waals surface area (Å²) in [6.07, 6.45) is 1.73. The highest BCUT2D eigenvalue weighted by atomic mass is 79.9. The minimum atomic E-state index is 0.604. The van der Waals surface area contributed by atoms with E-state index in [4.69, 9.17) is 5.26 Å². The van der Waals surface area contributed by atoms with E-state index in [-0.39, 0.29) is 0 Å². The van der Waals surface area contributed by atoms with Gasteiger partial charge < -0.3 is 5.32 Å². The number of hydrogen-bond acceptors (Lipinski definition) is 4. The van der Waals surface area contributed by atoms with Gasteiger partial charge in [-0.25, -0.2) is 4.68 Å². The normalized spacial score (nSPS) is 10.3.